The average Bonchev–Trinajstić information content (AvgIpc) is 2.56. The van der Waals surface area contributed by atoms with Crippen molar-refractivity contribution in [3.05, 3.63) is 91.0 Å². The molecule has 3 heteroatoms. The van der Waals surface area contributed by atoms with Gasteiger partial charge in [-0.15, -0.1) is 24.0 Å². The Kier molecular flexibility index (Phi) is 5.38. The molecule has 0 unspecified atom stereocenters. The molecule has 0 N–H and O–H groups in total. The van der Waals surface area contributed by atoms with Gasteiger partial charge in [0.25, 0.3) is 0 Å². The molecule has 106 valence electrons. The number of rotatable bonds is 3. The minimum atomic E-state index is -2.78. The highest BCUT2D eigenvalue weighted by molar-refractivity contribution is 14.0. The normalized spacial score (nSPS) is 10.7. The summed E-state index contributed by atoms with van der Waals surface area (Å²) in [6, 6.07) is 29.1. The van der Waals surface area contributed by atoms with Gasteiger partial charge in [0.05, 0.1) is 0 Å². The summed E-state index contributed by atoms with van der Waals surface area (Å²) in [7, 11) is -2.78. The molecule has 3 aromatic rings. The van der Waals surface area contributed by atoms with Crippen LogP contribution >= 0.6 is 31.1 Å². The lowest BCUT2D eigenvalue weighted by Gasteiger charge is -2.19. The van der Waals surface area contributed by atoms with Gasteiger partial charge >= 0.3 is 0 Å². The first-order valence-electron chi connectivity index (χ1n) is 6.59. The Morgan fingerprint density at radius 2 is 0.714 bits per heavy atom. The molecule has 0 aliphatic heterocycles. The number of benzene rings is 3. The highest BCUT2D eigenvalue weighted by atomic mass is 127. The standard InChI is InChI=1S/C18H15OP.HI/c19-20(16-10-4-1-5-11-16,17-12-6-2-7-13-17)18-14-8-3-9-15-18;/h1-15H;1H. The van der Waals surface area contributed by atoms with E-state index in [1.165, 1.54) is 0 Å². The minimum Gasteiger partial charge on any atom is -0.309 e. The molecule has 0 aromatic heterocycles. The van der Waals surface area contributed by atoms with Crippen molar-refractivity contribution in [1.29, 1.82) is 0 Å². The summed E-state index contributed by atoms with van der Waals surface area (Å²) < 4.78 is 13.8. The third kappa shape index (κ3) is 3.12. The lowest BCUT2D eigenvalue weighted by Crippen LogP contribution is -2.24. The largest absolute Gasteiger partial charge is 0.309 e. The number of halogens is 1. The lowest BCUT2D eigenvalue weighted by molar-refractivity contribution is 0.592. The van der Waals surface area contributed by atoms with Crippen molar-refractivity contribution in [2.45, 2.75) is 0 Å². The molecule has 0 amide bonds. The molecule has 0 aliphatic carbocycles. The summed E-state index contributed by atoms with van der Waals surface area (Å²) in [6.45, 7) is 0. The molecule has 0 atom stereocenters. The summed E-state index contributed by atoms with van der Waals surface area (Å²) >= 11 is 0. The van der Waals surface area contributed by atoms with Crippen LogP contribution in [0.4, 0.5) is 0 Å². The van der Waals surface area contributed by atoms with Gasteiger partial charge in [-0.3, -0.25) is 0 Å². The zero-order valence-corrected chi connectivity index (χ0v) is 14.6. The molecule has 0 saturated carbocycles. The molecular formula is C18H16IOP. The predicted octanol–water partition coefficient (Wildman–Crippen LogP) is 3.94. The van der Waals surface area contributed by atoms with Crippen molar-refractivity contribution in [1.82, 2.24) is 0 Å². The summed E-state index contributed by atoms with van der Waals surface area (Å²) in [5, 5.41) is 2.62. The van der Waals surface area contributed by atoms with E-state index in [9.17, 15) is 4.57 Å². The van der Waals surface area contributed by atoms with Crippen LogP contribution in [0.2, 0.25) is 0 Å². The quantitative estimate of drug-likeness (QED) is 0.476. The van der Waals surface area contributed by atoms with Gasteiger partial charge < -0.3 is 4.57 Å². The summed E-state index contributed by atoms with van der Waals surface area (Å²) in [5.41, 5.74) is 0. The second-order valence-corrected chi connectivity index (χ2v) is 7.38. The second-order valence-electron chi connectivity index (χ2n) is 4.62. The van der Waals surface area contributed by atoms with Crippen molar-refractivity contribution in [2.75, 3.05) is 0 Å². The molecule has 0 radical (unpaired) electrons. The van der Waals surface area contributed by atoms with E-state index in [0.29, 0.717) is 0 Å². The van der Waals surface area contributed by atoms with Gasteiger partial charge in [-0.05, 0) is 0 Å². The Bertz CT molecular complexity index is 624. The Hall–Kier alpha value is -1.38. The molecule has 3 rings (SSSR count). The number of hydrogen-bond donors (Lipinski definition) is 0. The summed E-state index contributed by atoms with van der Waals surface area (Å²) in [5.74, 6) is 0. The molecule has 0 aliphatic rings. The zero-order valence-electron chi connectivity index (χ0n) is 11.4. The van der Waals surface area contributed by atoms with Crippen molar-refractivity contribution in [2.24, 2.45) is 0 Å². The Morgan fingerprint density at radius 1 is 0.476 bits per heavy atom. The SMILES string of the molecule is I.O=P(c1ccccc1)(c1ccccc1)c1ccccc1. The van der Waals surface area contributed by atoms with Crippen LogP contribution in [0.3, 0.4) is 0 Å². The van der Waals surface area contributed by atoms with Crippen molar-refractivity contribution in [3.8, 4) is 0 Å². The summed E-state index contributed by atoms with van der Waals surface area (Å²) in [6.07, 6.45) is 0. The maximum Gasteiger partial charge on any atom is 0.171 e. The molecule has 0 saturated heterocycles. The fourth-order valence-electron chi connectivity index (χ4n) is 2.36. The third-order valence-electron chi connectivity index (χ3n) is 3.36. The van der Waals surface area contributed by atoms with Crippen LogP contribution in [0.5, 0.6) is 0 Å². The monoisotopic (exact) mass is 406 g/mol. The molecule has 0 fully saturated rings. The van der Waals surface area contributed by atoms with Gasteiger partial charge in [0.15, 0.2) is 7.14 Å². The smallest absolute Gasteiger partial charge is 0.171 e. The van der Waals surface area contributed by atoms with E-state index in [0.717, 1.165) is 15.9 Å². The van der Waals surface area contributed by atoms with E-state index >= 15 is 0 Å². The first-order valence-corrected chi connectivity index (χ1v) is 8.29. The van der Waals surface area contributed by atoms with E-state index in [2.05, 4.69) is 0 Å². The maximum atomic E-state index is 13.8. The van der Waals surface area contributed by atoms with Gasteiger partial charge in [-0.25, -0.2) is 0 Å². The molecule has 0 spiro atoms. The van der Waals surface area contributed by atoms with Crippen LogP contribution in [0.25, 0.3) is 0 Å². The van der Waals surface area contributed by atoms with Crippen LogP contribution in [0.1, 0.15) is 0 Å². The van der Waals surface area contributed by atoms with Crippen LogP contribution in [-0.4, -0.2) is 0 Å². The van der Waals surface area contributed by atoms with Gasteiger partial charge in [-0.1, -0.05) is 91.0 Å². The molecular weight excluding hydrogens is 390 g/mol. The highest BCUT2D eigenvalue weighted by Crippen LogP contribution is 2.41. The highest BCUT2D eigenvalue weighted by Gasteiger charge is 2.28. The Morgan fingerprint density at radius 3 is 0.952 bits per heavy atom. The fourth-order valence-corrected chi connectivity index (χ4v) is 5.03. The first-order chi connectivity index (χ1) is 9.82. The molecule has 0 bridgehead atoms. The predicted molar refractivity (Wildman–Crippen MR) is 101 cm³/mol. The molecule has 3 aromatic carbocycles. The third-order valence-corrected chi connectivity index (χ3v) is 6.44. The van der Waals surface area contributed by atoms with Crippen LogP contribution in [0.15, 0.2) is 91.0 Å². The van der Waals surface area contributed by atoms with Gasteiger partial charge in [0.1, 0.15) is 0 Å². The fraction of sp³-hybridized carbons (Fsp3) is 0. The Labute approximate surface area is 142 Å². The van der Waals surface area contributed by atoms with Crippen molar-refractivity contribution < 1.29 is 4.57 Å². The first kappa shape index (κ1) is 16.0. The van der Waals surface area contributed by atoms with Crippen LogP contribution in [-0.2, 0) is 4.57 Å². The second kappa shape index (κ2) is 7.06. The summed E-state index contributed by atoms with van der Waals surface area (Å²) in [4.78, 5) is 0. The maximum absolute atomic E-state index is 13.8. The van der Waals surface area contributed by atoms with Crippen molar-refractivity contribution >= 4 is 47.0 Å². The Balaban J connectivity index is 0.00000161. The topological polar surface area (TPSA) is 17.1 Å². The average molecular weight is 406 g/mol. The molecule has 0 heterocycles. The zero-order chi connectivity index (χ0) is 13.8. The van der Waals surface area contributed by atoms with E-state index in [4.69, 9.17) is 0 Å². The van der Waals surface area contributed by atoms with E-state index < -0.39 is 7.14 Å². The van der Waals surface area contributed by atoms with Crippen LogP contribution < -0.4 is 15.9 Å². The van der Waals surface area contributed by atoms with E-state index in [-0.39, 0.29) is 24.0 Å². The minimum absolute atomic E-state index is 0. The molecule has 21 heavy (non-hydrogen) atoms. The van der Waals surface area contributed by atoms with E-state index in [1.807, 2.05) is 91.0 Å². The van der Waals surface area contributed by atoms with Crippen molar-refractivity contribution in [3.63, 3.8) is 0 Å². The van der Waals surface area contributed by atoms with E-state index in [1.54, 1.807) is 0 Å². The van der Waals surface area contributed by atoms with Gasteiger partial charge in [-0.2, -0.15) is 0 Å². The lowest BCUT2D eigenvalue weighted by atomic mass is 10.4. The van der Waals surface area contributed by atoms with Gasteiger partial charge in [0.2, 0.25) is 0 Å². The van der Waals surface area contributed by atoms with Gasteiger partial charge in [0, 0.05) is 15.9 Å². The van der Waals surface area contributed by atoms with Crippen LogP contribution in [0, 0.1) is 0 Å². The number of hydrogen-bond acceptors (Lipinski definition) is 1. The molecule has 1 nitrogen and oxygen atoms in total.